The first-order chi connectivity index (χ1) is 15.9. The molecule has 2 heterocycles. The Hall–Kier alpha value is -3.43. The van der Waals surface area contributed by atoms with E-state index in [0.717, 1.165) is 16.8 Å². The molecule has 0 saturated carbocycles. The van der Waals surface area contributed by atoms with Crippen molar-refractivity contribution in [3.8, 4) is 5.69 Å². The summed E-state index contributed by atoms with van der Waals surface area (Å²) in [5.41, 5.74) is 4.15. The summed E-state index contributed by atoms with van der Waals surface area (Å²) in [6.07, 6.45) is 0. The van der Waals surface area contributed by atoms with Gasteiger partial charge in [0, 0.05) is 5.69 Å². The van der Waals surface area contributed by atoms with Crippen LogP contribution < -0.4 is 10.9 Å². The number of amides is 1. The predicted octanol–water partition coefficient (Wildman–Crippen LogP) is 4.58. The minimum Gasteiger partial charge on any atom is -0.465 e. The molecule has 1 amide bonds. The van der Waals surface area contributed by atoms with Crippen molar-refractivity contribution >= 4 is 50.9 Å². The molecule has 1 N–H and O–H groups in total. The van der Waals surface area contributed by atoms with Crippen LogP contribution in [0.3, 0.4) is 0 Å². The lowest BCUT2D eigenvalue weighted by Gasteiger charge is -2.15. The lowest BCUT2D eigenvalue weighted by molar-refractivity contribution is -0.113. The van der Waals surface area contributed by atoms with E-state index in [9.17, 15) is 14.4 Å². The quantitative estimate of drug-likeness (QED) is 0.247. The Kier molecular flexibility index (Phi) is 6.62. The predicted molar refractivity (Wildman–Crippen MR) is 132 cm³/mol. The summed E-state index contributed by atoms with van der Waals surface area (Å²) in [5, 5.41) is 5.09. The summed E-state index contributed by atoms with van der Waals surface area (Å²) < 4.78 is 6.85. The van der Waals surface area contributed by atoms with E-state index in [-0.39, 0.29) is 17.2 Å². The Labute approximate surface area is 198 Å². The van der Waals surface area contributed by atoms with Gasteiger partial charge in [0.15, 0.2) is 5.16 Å². The molecule has 168 valence electrons. The lowest BCUT2D eigenvalue weighted by atomic mass is 10.1. The number of aromatic nitrogens is 2. The van der Waals surface area contributed by atoms with Crippen LogP contribution in [-0.2, 0) is 9.53 Å². The Balaban J connectivity index is 1.59. The number of esters is 1. The van der Waals surface area contributed by atoms with Gasteiger partial charge in [-0.1, -0.05) is 23.9 Å². The third kappa shape index (κ3) is 4.84. The van der Waals surface area contributed by atoms with E-state index in [1.807, 2.05) is 43.5 Å². The third-order valence-corrected chi connectivity index (χ3v) is 6.81. The highest BCUT2D eigenvalue weighted by molar-refractivity contribution is 7.99. The number of nitrogens with zero attached hydrogens (tertiary/aromatic N) is 2. The number of thiophene rings is 1. The summed E-state index contributed by atoms with van der Waals surface area (Å²) in [5.74, 6) is -0.633. The number of hydrogen-bond acceptors (Lipinski definition) is 7. The number of carbonyl (C=O) groups is 2. The normalized spacial score (nSPS) is 10.9. The summed E-state index contributed by atoms with van der Waals surface area (Å²) in [6.45, 7) is 3.91. The largest absolute Gasteiger partial charge is 0.465 e. The number of carbonyl (C=O) groups excluding carboxylic acids is 2. The van der Waals surface area contributed by atoms with E-state index >= 15 is 0 Å². The van der Waals surface area contributed by atoms with E-state index in [0.29, 0.717) is 26.6 Å². The van der Waals surface area contributed by atoms with Crippen LogP contribution in [0.2, 0.25) is 0 Å². The van der Waals surface area contributed by atoms with E-state index in [1.54, 1.807) is 28.8 Å². The van der Waals surface area contributed by atoms with Crippen LogP contribution in [0.5, 0.6) is 0 Å². The van der Waals surface area contributed by atoms with Crippen molar-refractivity contribution in [3.63, 3.8) is 0 Å². The molecule has 4 aromatic rings. The van der Waals surface area contributed by atoms with Gasteiger partial charge in [0.2, 0.25) is 5.91 Å². The fourth-order valence-corrected chi connectivity index (χ4v) is 4.86. The summed E-state index contributed by atoms with van der Waals surface area (Å²) in [4.78, 5) is 42.1. The molecule has 9 heteroatoms. The van der Waals surface area contributed by atoms with Gasteiger partial charge in [-0.25, -0.2) is 9.78 Å². The Bertz CT molecular complexity index is 1410. The zero-order valence-corrected chi connectivity index (χ0v) is 19.9. The second-order valence-corrected chi connectivity index (χ2v) is 9.22. The molecule has 0 saturated heterocycles. The maximum Gasteiger partial charge on any atom is 0.337 e. The number of fused-ring (bicyclic) bond motifs is 1. The smallest absolute Gasteiger partial charge is 0.337 e. The van der Waals surface area contributed by atoms with Crippen LogP contribution in [0.15, 0.2) is 63.9 Å². The zero-order valence-electron chi connectivity index (χ0n) is 18.2. The molecular formula is C24H21N3O4S2. The van der Waals surface area contributed by atoms with Gasteiger partial charge in [-0.3, -0.25) is 14.2 Å². The van der Waals surface area contributed by atoms with Gasteiger partial charge in [0.05, 0.1) is 29.6 Å². The molecule has 0 radical (unpaired) electrons. The topological polar surface area (TPSA) is 90.3 Å². The van der Waals surface area contributed by atoms with Crippen molar-refractivity contribution in [1.29, 1.82) is 0 Å². The molecular weight excluding hydrogens is 458 g/mol. The molecule has 2 aromatic heterocycles. The standard InChI is InChI=1S/C24H21N3O4S2/c1-14-4-5-15(2)19(12-14)27-22(29)21-18(10-11-32-21)26-24(27)33-13-20(28)25-17-8-6-16(7-9-17)23(30)31-3/h4-12H,13H2,1-3H3,(H,25,28). The van der Waals surface area contributed by atoms with Gasteiger partial charge in [-0.05, 0) is 66.8 Å². The number of hydrogen-bond donors (Lipinski definition) is 1. The van der Waals surface area contributed by atoms with E-state index < -0.39 is 5.97 Å². The summed E-state index contributed by atoms with van der Waals surface area (Å²) in [7, 11) is 1.31. The highest BCUT2D eigenvalue weighted by Gasteiger charge is 2.17. The molecule has 7 nitrogen and oxygen atoms in total. The lowest BCUT2D eigenvalue weighted by Crippen LogP contribution is -2.23. The van der Waals surface area contributed by atoms with Crippen LogP contribution in [-0.4, -0.2) is 34.3 Å². The second kappa shape index (κ2) is 9.60. The number of rotatable bonds is 6. The maximum absolute atomic E-state index is 13.3. The minimum absolute atomic E-state index is 0.0612. The average molecular weight is 480 g/mol. The fraction of sp³-hybridized carbons (Fsp3) is 0.167. The molecule has 2 aromatic carbocycles. The molecule has 0 aliphatic heterocycles. The van der Waals surface area contributed by atoms with Crippen molar-refractivity contribution in [2.24, 2.45) is 0 Å². The van der Waals surface area contributed by atoms with Gasteiger partial charge < -0.3 is 10.1 Å². The Morgan fingerprint density at radius 2 is 1.88 bits per heavy atom. The molecule has 0 aliphatic rings. The van der Waals surface area contributed by atoms with Crippen molar-refractivity contribution < 1.29 is 14.3 Å². The molecule has 0 spiro atoms. The van der Waals surface area contributed by atoms with Crippen molar-refractivity contribution in [3.05, 3.63) is 81.0 Å². The Morgan fingerprint density at radius 1 is 1.12 bits per heavy atom. The zero-order chi connectivity index (χ0) is 23.5. The average Bonchev–Trinajstić information content (AvgIpc) is 3.29. The number of nitrogens with one attached hydrogen (secondary N) is 1. The van der Waals surface area contributed by atoms with Gasteiger partial charge in [-0.15, -0.1) is 11.3 Å². The fourth-order valence-electron chi connectivity index (χ4n) is 3.30. The molecule has 0 atom stereocenters. The highest BCUT2D eigenvalue weighted by Crippen LogP contribution is 2.26. The molecule has 0 fully saturated rings. The van der Waals surface area contributed by atoms with Gasteiger partial charge >= 0.3 is 5.97 Å². The second-order valence-electron chi connectivity index (χ2n) is 7.37. The van der Waals surface area contributed by atoms with Gasteiger partial charge in [0.1, 0.15) is 4.70 Å². The number of methoxy groups -OCH3 is 1. The van der Waals surface area contributed by atoms with Gasteiger partial charge in [-0.2, -0.15) is 0 Å². The first-order valence-electron chi connectivity index (χ1n) is 10.1. The number of thioether (sulfide) groups is 1. The molecule has 33 heavy (non-hydrogen) atoms. The van der Waals surface area contributed by atoms with Crippen LogP contribution in [0.1, 0.15) is 21.5 Å². The summed E-state index contributed by atoms with van der Waals surface area (Å²) in [6, 6.07) is 14.2. The summed E-state index contributed by atoms with van der Waals surface area (Å²) >= 11 is 2.55. The Morgan fingerprint density at radius 3 is 2.61 bits per heavy atom. The van der Waals surface area contributed by atoms with Crippen LogP contribution in [0.4, 0.5) is 5.69 Å². The first kappa shape index (κ1) is 22.8. The van der Waals surface area contributed by atoms with Crippen LogP contribution in [0, 0.1) is 13.8 Å². The van der Waals surface area contributed by atoms with Crippen molar-refractivity contribution in [1.82, 2.24) is 9.55 Å². The highest BCUT2D eigenvalue weighted by atomic mass is 32.2. The molecule has 0 aliphatic carbocycles. The number of anilines is 1. The van der Waals surface area contributed by atoms with Gasteiger partial charge in [0.25, 0.3) is 5.56 Å². The van der Waals surface area contributed by atoms with E-state index in [4.69, 9.17) is 0 Å². The number of ether oxygens (including phenoxy) is 1. The number of benzene rings is 2. The molecule has 0 bridgehead atoms. The van der Waals surface area contributed by atoms with Crippen molar-refractivity contribution in [2.75, 3.05) is 18.2 Å². The first-order valence-corrected chi connectivity index (χ1v) is 11.9. The third-order valence-electron chi connectivity index (χ3n) is 4.98. The van der Waals surface area contributed by atoms with Crippen LogP contribution in [0.25, 0.3) is 15.9 Å². The van der Waals surface area contributed by atoms with E-state index in [2.05, 4.69) is 15.0 Å². The van der Waals surface area contributed by atoms with Crippen LogP contribution >= 0.6 is 23.1 Å². The van der Waals surface area contributed by atoms with Crippen molar-refractivity contribution in [2.45, 2.75) is 19.0 Å². The number of aryl methyl sites for hydroxylation is 2. The maximum atomic E-state index is 13.3. The monoisotopic (exact) mass is 479 g/mol. The van der Waals surface area contributed by atoms with E-state index in [1.165, 1.54) is 30.2 Å². The minimum atomic E-state index is -0.442. The SMILES string of the molecule is COC(=O)c1ccc(NC(=O)CSc2nc3ccsc3c(=O)n2-c2cc(C)ccc2C)cc1. The molecule has 4 rings (SSSR count). The molecule has 0 unspecified atom stereocenters.